The van der Waals surface area contributed by atoms with Crippen molar-refractivity contribution in [2.75, 3.05) is 6.54 Å². The first-order valence-corrected chi connectivity index (χ1v) is 7.83. The molecule has 0 aliphatic heterocycles. The molecular weight excluding hydrogens is 258 g/mol. The highest BCUT2D eigenvalue weighted by molar-refractivity contribution is 5.37. The Labute approximate surface area is 127 Å². The summed E-state index contributed by atoms with van der Waals surface area (Å²) in [6.45, 7) is 5.20. The highest BCUT2D eigenvalue weighted by Gasteiger charge is 2.23. The molecule has 2 aromatic carbocycles. The minimum atomic E-state index is 0.221. The number of hydrogen-bond acceptors (Lipinski definition) is 2. The summed E-state index contributed by atoms with van der Waals surface area (Å²) < 4.78 is 5.92. The fourth-order valence-electron chi connectivity index (χ4n) is 2.54. The van der Waals surface area contributed by atoms with E-state index in [9.17, 15) is 0 Å². The molecule has 0 radical (unpaired) electrons. The molecular formula is C19H23NO. The summed E-state index contributed by atoms with van der Waals surface area (Å²) in [5.41, 5.74) is 3.85. The highest BCUT2D eigenvalue weighted by atomic mass is 16.5. The second-order valence-corrected chi connectivity index (χ2v) is 5.79. The summed E-state index contributed by atoms with van der Waals surface area (Å²) in [5.74, 6) is 0.991. The highest BCUT2D eigenvalue weighted by Crippen LogP contribution is 2.30. The lowest BCUT2D eigenvalue weighted by Gasteiger charge is -2.20. The maximum absolute atomic E-state index is 5.92. The lowest BCUT2D eigenvalue weighted by Crippen LogP contribution is -2.22. The van der Waals surface area contributed by atoms with Gasteiger partial charge in [-0.3, -0.25) is 0 Å². The van der Waals surface area contributed by atoms with Gasteiger partial charge in [-0.15, -0.1) is 0 Å². The van der Waals surface area contributed by atoms with Crippen molar-refractivity contribution in [3.8, 4) is 5.75 Å². The van der Waals surface area contributed by atoms with E-state index in [4.69, 9.17) is 4.74 Å². The third-order valence-corrected chi connectivity index (χ3v) is 3.84. The predicted molar refractivity (Wildman–Crippen MR) is 86.8 cm³/mol. The topological polar surface area (TPSA) is 21.3 Å². The van der Waals surface area contributed by atoms with Gasteiger partial charge in [-0.1, -0.05) is 48.9 Å². The third kappa shape index (κ3) is 3.64. The smallest absolute Gasteiger partial charge is 0.120 e. The molecule has 1 N–H and O–H groups in total. The Morgan fingerprint density at radius 2 is 1.86 bits per heavy atom. The summed E-state index contributed by atoms with van der Waals surface area (Å²) in [6.07, 6.45) is 2.83. The molecule has 1 atom stereocenters. The van der Waals surface area contributed by atoms with Crippen LogP contribution in [0, 0.1) is 6.92 Å². The van der Waals surface area contributed by atoms with Crippen LogP contribution >= 0.6 is 0 Å². The first-order chi connectivity index (χ1) is 10.3. The van der Waals surface area contributed by atoms with Gasteiger partial charge in [0.25, 0.3) is 0 Å². The van der Waals surface area contributed by atoms with Gasteiger partial charge in [0, 0.05) is 0 Å². The minimum Gasteiger partial charge on any atom is -0.490 e. The average molecular weight is 281 g/mol. The summed E-state index contributed by atoms with van der Waals surface area (Å²) in [7, 11) is 0. The normalized spacial score (nSPS) is 15.7. The van der Waals surface area contributed by atoms with Gasteiger partial charge in [-0.2, -0.15) is 0 Å². The first kappa shape index (κ1) is 14.2. The third-order valence-electron chi connectivity index (χ3n) is 3.84. The minimum absolute atomic E-state index is 0.221. The molecule has 0 spiro atoms. The zero-order valence-electron chi connectivity index (χ0n) is 12.8. The van der Waals surface area contributed by atoms with Crippen LogP contribution in [0.3, 0.4) is 0 Å². The van der Waals surface area contributed by atoms with E-state index in [-0.39, 0.29) is 6.04 Å². The Morgan fingerprint density at radius 3 is 2.52 bits per heavy atom. The Hall–Kier alpha value is -1.80. The van der Waals surface area contributed by atoms with Gasteiger partial charge in [0.1, 0.15) is 5.75 Å². The number of ether oxygens (including phenoxy) is 1. The van der Waals surface area contributed by atoms with Crippen LogP contribution in [0.4, 0.5) is 0 Å². The van der Waals surface area contributed by atoms with Gasteiger partial charge in [0.05, 0.1) is 12.1 Å². The number of hydrogen-bond donors (Lipinski definition) is 1. The molecule has 0 bridgehead atoms. The van der Waals surface area contributed by atoms with Crippen LogP contribution in [0.2, 0.25) is 0 Å². The van der Waals surface area contributed by atoms with Crippen molar-refractivity contribution in [2.45, 2.75) is 38.8 Å². The van der Waals surface area contributed by atoms with Crippen molar-refractivity contribution in [1.29, 1.82) is 0 Å². The van der Waals surface area contributed by atoms with Gasteiger partial charge in [-0.05, 0) is 49.6 Å². The Balaban J connectivity index is 1.86. The van der Waals surface area contributed by atoms with Crippen LogP contribution in [-0.2, 0) is 0 Å². The molecule has 1 saturated carbocycles. The molecule has 0 saturated heterocycles. The van der Waals surface area contributed by atoms with Gasteiger partial charge in [0.15, 0.2) is 0 Å². The summed E-state index contributed by atoms with van der Waals surface area (Å²) >= 11 is 0. The van der Waals surface area contributed by atoms with Crippen LogP contribution in [0.5, 0.6) is 5.75 Å². The molecule has 1 aliphatic rings. The van der Waals surface area contributed by atoms with Crippen molar-refractivity contribution in [2.24, 2.45) is 0 Å². The zero-order valence-corrected chi connectivity index (χ0v) is 12.8. The number of benzene rings is 2. The van der Waals surface area contributed by atoms with Gasteiger partial charge >= 0.3 is 0 Å². The largest absolute Gasteiger partial charge is 0.490 e. The maximum atomic E-state index is 5.92. The number of aryl methyl sites for hydroxylation is 1. The molecule has 1 fully saturated rings. The summed E-state index contributed by atoms with van der Waals surface area (Å²) in [4.78, 5) is 0. The molecule has 2 heteroatoms. The van der Waals surface area contributed by atoms with E-state index >= 15 is 0 Å². The second kappa shape index (κ2) is 6.31. The molecule has 1 aliphatic carbocycles. The maximum Gasteiger partial charge on any atom is 0.120 e. The molecule has 2 nitrogen and oxygen atoms in total. The predicted octanol–water partition coefficient (Wildman–Crippen LogP) is 4.24. The van der Waals surface area contributed by atoms with Crippen molar-refractivity contribution in [1.82, 2.24) is 5.32 Å². The lowest BCUT2D eigenvalue weighted by molar-refractivity contribution is 0.302. The van der Waals surface area contributed by atoms with Crippen molar-refractivity contribution < 1.29 is 4.74 Å². The summed E-state index contributed by atoms with van der Waals surface area (Å²) in [5, 5.41) is 3.58. The van der Waals surface area contributed by atoms with E-state index in [1.54, 1.807) is 0 Å². The van der Waals surface area contributed by atoms with Crippen LogP contribution in [0.15, 0.2) is 48.5 Å². The van der Waals surface area contributed by atoms with E-state index in [0.29, 0.717) is 6.10 Å². The van der Waals surface area contributed by atoms with Crippen LogP contribution in [0.25, 0.3) is 0 Å². The van der Waals surface area contributed by atoms with Crippen molar-refractivity contribution in [3.05, 3.63) is 65.2 Å². The average Bonchev–Trinajstić information content (AvgIpc) is 3.30. The SMILES string of the molecule is CCNC(c1ccc(C)cc1)c1cccc(OC2CC2)c1. The molecule has 1 unspecified atom stereocenters. The number of nitrogens with one attached hydrogen (secondary N) is 1. The fourth-order valence-corrected chi connectivity index (χ4v) is 2.54. The number of rotatable bonds is 6. The summed E-state index contributed by atoms with van der Waals surface area (Å²) in [6, 6.07) is 17.5. The zero-order chi connectivity index (χ0) is 14.7. The Kier molecular flexibility index (Phi) is 4.26. The van der Waals surface area contributed by atoms with Gasteiger partial charge < -0.3 is 10.1 Å². The molecule has 0 heterocycles. The molecule has 21 heavy (non-hydrogen) atoms. The van der Waals surface area contributed by atoms with Gasteiger partial charge in [0.2, 0.25) is 0 Å². The Morgan fingerprint density at radius 1 is 1.10 bits per heavy atom. The molecule has 110 valence electrons. The van der Waals surface area contributed by atoms with E-state index in [2.05, 4.69) is 67.7 Å². The molecule has 3 rings (SSSR count). The monoisotopic (exact) mass is 281 g/mol. The lowest BCUT2D eigenvalue weighted by atomic mass is 9.97. The van der Waals surface area contributed by atoms with Crippen LogP contribution < -0.4 is 10.1 Å². The van der Waals surface area contributed by atoms with Crippen molar-refractivity contribution in [3.63, 3.8) is 0 Å². The standard InChI is InChI=1S/C19H23NO/c1-3-20-19(15-9-7-14(2)8-10-15)16-5-4-6-18(13-16)21-17-11-12-17/h4-10,13,17,19-20H,3,11-12H2,1-2H3. The van der Waals surface area contributed by atoms with Crippen molar-refractivity contribution >= 4 is 0 Å². The van der Waals surface area contributed by atoms with E-state index in [1.807, 2.05) is 0 Å². The first-order valence-electron chi connectivity index (χ1n) is 7.83. The van der Waals surface area contributed by atoms with Gasteiger partial charge in [-0.25, -0.2) is 0 Å². The molecule has 0 aromatic heterocycles. The quantitative estimate of drug-likeness (QED) is 0.855. The van der Waals surface area contributed by atoms with E-state index < -0.39 is 0 Å². The second-order valence-electron chi connectivity index (χ2n) is 5.79. The molecule has 0 amide bonds. The van der Waals surface area contributed by atoms with E-state index in [0.717, 1.165) is 12.3 Å². The molecule has 2 aromatic rings. The van der Waals surface area contributed by atoms with E-state index in [1.165, 1.54) is 29.5 Å². The Bertz CT molecular complexity index is 587. The fraction of sp³-hybridized carbons (Fsp3) is 0.368. The van der Waals surface area contributed by atoms with Crippen LogP contribution in [-0.4, -0.2) is 12.6 Å². The van der Waals surface area contributed by atoms with Crippen LogP contribution in [0.1, 0.15) is 42.5 Å².